The molecule has 0 fully saturated rings. The predicted octanol–water partition coefficient (Wildman–Crippen LogP) is 1.75. The first-order valence-electron chi connectivity index (χ1n) is 5.99. The van der Waals surface area contributed by atoms with Crippen LogP contribution in [0.15, 0.2) is 47.2 Å². The van der Waals surface area contributed by atoms with E-state index < -0.39 is 18.0 Å². The Kier molecular flexibility index (Phi) is 4.73. The third-order valence-electron chi connectivity index (χ3n) is 2.65. The standard InChI is InChI=1S/C14H14N2O3S/c17-13(18)8-12(10-6-7-20-9-10)16-14(19)15-11-4-2-1-3-5-11/h1-7,9,12H,8H2,(H,17,18)(H2,15,16,19)/p-1/t12-/m0/s1. The van der Waals surface area contributed by atoms with Gasteiger partial charge in [0.2, 0.25) is 0 Å². The number of para-hydroxylation sites is 1. The molecule has 0 unspecified atom stereocenters. The largest absolute Gasteiger partial charge is 0.550 e. The third-order valence-corrected chi connectivity index (χ3v) is 3.35. The van der Waals surface area contributed by atoms with E-state index in [-0.39, 0.29) is 6.42 Å². The first-order valence-corrected chi connectivity index (χ1v) is 6.94. The predicted molar refractivity (Wildman–Crippen MR) is 75.3 cm³/mol. The maximum absolute atomic E-state index is 11.9. The zero-order valence-corrected chi connectivity index (χ0v) is 11.4. The Hall–Kier alpha value is -2.34. The Morgan fingerprint density at radius 2 is 1.95 bits per heavy atom. The summed E-state index contributed by atoms with van der Waals surface area (Å²) < 4.78 is 0. The molecular weight excluding hydrogens is 276 g/mol. The van der Waals surface area contributed by atoms with Crippen molar-refractivity contribution < 1.29 is 14.7 Å². The molecule has 1 atom stereocenters. The number of carbonyl (C=O) groups is 2. The summed E-state index contributed by atoms with van der Waals surface area (Å²) in [5.41, 5.74) is 1.39. The van der Waals surface area contributed by atoms with Gasteiger partial charge in [-0.2, -0.15) is 11.3 Å². The Morgan fingerprint density at radius 1 is 1.20 bits per heavy atom. The molecule has 2 rings (SSSR count). The monoisotopic (exact) mass is 289 g/mol. The number of amides is 2. The van der Waals surface area contributed by atoms with Gasteiger partial charge in [-0.3, -0.25) is 0 Å². The van der Waals surface area contributed by atoms with Crippen LogP contribution in [0.5, 0.6) is 0 Å². The second kappa shape index (κ2) is 6.72. The lowest BCUT2D eigenvalue weighted by Gasteiger charge is -2.18. The minimum Gasteiger partial charge on any atom is -0.550 e. The number of thiophene rings is 1. The Labute approximate surface area is 120 Å². The van der Waals surface area contributed by atoms with Gasteiger partial charge in [0.15, 0.2) is 0 Å². The van der Waals surface area contributed by atoms with Crippen molar-refractivity contribution in [3.05, 3.63) is 52.7 Å². The van der Waals surface area contributed by atoms with E-state index in [4.69, 9.17) is 0 Å². The number of hydrogen-bond acceptors (Lipinski definition) is 4. The number of carboxylic acids is 1. The molecule has 5 nitrogen and oxygen atoms in total. The summed E-state index contributed by atoms with van der Waals surface area (Å²) in [6.07, 6.45) is -0.265. The van der Waals surface area contributed by atoms with Crippen molar-refractivity contribution in [2.24, 2.45) is 0 Å². The molecular formula is C14H13N2O3S-. The van der Waals surface area contributed by atoms with E-state index in [2.05, 4.69) is 10.6 Å². The van der Waals surface area contributed by atoms with E-state index in [9.17, 15) is 14.7 Å². The van der Waals surface area contributed by atoms with Crippen LogP contribution in [0, 0.1) is 0 Å². The molecule has 6 heteroatoms. The zero-order valence-electron chi connectivity index (χ0n) is 10.5. The average molecular weight is 289 g/mol. The number of carbonyl (C=O) groups excluding carboxylic acids is 2. The molecule has 0 radical (unpaired) electrons. The smallest absolute Gasteiger partial charge is 0.319 e. The van der Waals surface area contributed by atoms with E-state index in [1.165, 1.54) is 11.3 Å². The minimum atomic E-state index is -1.21. The van der Waals surface area contributed by atoms with Crippen molar-refractivity contribution >= 4 is 29.0 Å². The van der Waals surface area contributed by atoms with E-state index >= 15 is 0 Å². The number of anilines is 1. The van der Waals surface area contributed by atoms with Crippen molar-refractivity contribution in [3.8, 4) is 0 Å². The van der Waals surface area contributed by atoms with Crippen LogP contribution in [0.3, 0.4) is 0 Å². The SMILES string of the molecule is O=C([O-])C[C@H](NC(=O)Nc1ccccc1)c1ccsc1. The highest BCUT2D eigenvalue weighted by atomic mass is 32.1. The van der Waals surface area contributed by atoms with E-state index in [1.54, 1.807) is 35.7 Å². The summed E-state index contributed by atoms with van der Waals surface area (Å²) in [4.78, 5) is 22.6. The molecule has 1 aromatic heterocycles. The van der Waals surface area contributed by atoms with Gasteiger partial charge in [0.05, 0.1) is 6.04 Å². The van der Waals surface area contributed by atoms with Crippen LogP contribution in [-0.4, -0.2) is 12.0 Å². The summed E-state index contributed by atoms with van der Waals surface area (Å²) in [7, 11) is 0. The van der Waals surface area contributed by atoms with Gasteiger partial charge in [0, 0.05) is 18.1 Å². The van der Waals surface area contributed by atoms with Gasteiger partial charge in [0.1, 0.15) is 0 Å². The fourth-order valence-corrected chi connectivity index (χ4v) is 2.45. The summed E-state index contributed by atoms with van der Waals surface area (Å²) >= 11 is 1.44. The van der Waals surface area contributed by atoms with Crippen LogP contribution in [0.1, 0.15) is 18.0 Å². The molecule has 1 aromatic carbocycles. The first-order chi connectivity index (χ1) is 9.65. The molecule has 2 amide bonds. The molecule has 20 heavy (non-hydrogen) atoms. The minimum absolute atomic E-state index is 0.265. The number of carboxylic acid groups (broad SMARTS) is 1. The normalized spacial score (nSPS) is 11.6. The van der Waals surface area contributed by atoms with Crippen molar-refractivity contribution in [3.63, 3.8) is 0 Å². The number of rotatable bonds is 5. The molecule has 1 heterocycles. The van der Waals surface area contributed by atoms with E-state index in [0.717, 1.165) is 5.56 Å². The van der Waals surface area contributed by atoms with Crippen LogP contribution in [0.2, 0.25) is 0 Å². The second-order valence-electron chi connectivity index (χ2n) is 4.15. The number of aliphatic carboxylic acids is 1. The van der Waals surface area contributed by atoms with Gasteiger partial charge in [-0.1, -0.05) is 18.2 Å². The fourth-order valence-electron chi connectivity index (χ4n) is 1.74. The highest BCUT2D eigenvalue weighted by Gasteiger charge is 2.15. The molecule has 2 N–H and O–H groups in total. The van der Waals surface area contributed by atoms with Crippen molar-refractivity contribution in [1.29, 1.82) is 0 Å². The number of nitrogens with one attached hydrogen (secondary N) is 2. The lowest BCUT2D eigenvalue weighted by molar-refractivity contribution is -0.306. The molecule has 2 aromatic rings. The number of hydrogen-bond donors (Lipinski definition) is 2. The first kappa shape index (κ1) is 14.1. The summed E-state index contributed by atoms with van der Waals surface area (Å²) in [5.74, 6) is -1.21. The molecule has 0 spiro atoms. The van der Waals surface area contributed by atoms with E-state index in [0.29, 0.717) is 5.69 Å². The summed E-state index contributed by atoms with van der Waals surface area (Å²) in [5, 5.41) is 19.7. The van der Waals surface area contributed by atoms with Crippen molar-refractivity contribution in [1.82, 2.24) is 5.32 Å². The Bertz CT molecular complexity index is 569. The van der Waals surface area contributed by atoms with Gasteiger partial charge in [0.25, 0.3) is 0 Å². The van der Waals surface area contributed by atoms with Gasteiger partial charge in [-0.15, -0.1) is 0 Å². The van der Waals surface area contributed by atoms with Gasteiger partial charge >= 0.3 is 6.03 Å². The Morgan fingerprint density at radius 3 is 2.55 bits per heavy atom. The van der Waals surface area contributed by atoms with Crippen LogP contribution in [0.4, 0.5) is 10.5 Å². The summed E-state index contributed by atoms with van der Waals surface area (Å²) in [6.45, 7) is 0. The van der Waals surface area contributed by atoms with Gasteiger partial charge in [-0.25, -0.2) is 4.79 Å². The number of urea groups is 1. The topological polar surface area (TPSA) is 81.3 Å². The van der Waals surface area contributed by atoms with Crippen molar-refractivity contribution in [2.45, 2.75) is 12.5 Å². The van der Waals surface area contributed by atoms with Gasteiger partial charge in [-0.05, 0) is 34.5 Å². The van der Waals surface area contributed by atoms with E-state index in [1.807, 2.05) is 11.4 Å². The highest BCUT2D eigenvalue weighted by Crippen LogP contribution is 2.19. The molecule has 0 bridgehead atoms. The number of benzene rings is 1. The second-order valence-corrected chi connectivity index (χ2v) is 4.93. The molecule has 0 saturated carbocycles. The Balaban J connectivity index is 2.00. The third kappa shape index (κ3) is 4.10. The maximum atomic E-state index is 11.9. The fraction of sp³-hybridized carbons (Fsp3) is 0.143. The van der Waals surface area contributed by atoms with Crippen molar-refractivity contribution in [2.75, 3.05) is 5.32 Å². The molecule has 104 valence electrons. The van der Waals surface area contributed by atoms with Gasteiger partial charge < -0.3 is 20.5 Å². The summed E-state index contributed by atoms with van der Waals surface area (Å²) in [6, 6.07) is 9.66. The average Bonchev–Trinajstić information content (AvgIpc) is 2.92. The quantitative estimate of drug-likeness (QED) is 0.880. The van der Waals surface area contributed by atoms with Crippen LogP contribution < -0.4 is 15.7 Å². The van der Waals surface area contributed by atoms with Crippen LogP contribution in [-0.2, 0) is 4.79 Å². The zero-order chi connectivity index (χ0) is 14.4. The molecule has 0 aliphatic carbocycles. The molecule has 0 saturated heterocycles. The lowest BCUT2D eigenvalue weighted by atomic mass is 10.1. The van der Waals surface area contributed by atoms with Crippen LogP contribution >= 0.6 is 11.3 Å². The lowest BCUT2D eigenvalue weighted by Crippen LogP contribution is -2.36. The highest BCUT2D eigenvalue weighted by molar-refractivity contribution is 7.08. The van der Waals surface area contributed by atoms with Crippen LogP contribution in [0.25, 0.3) is 0 Å². The molecule has 0 aliphatic rings. The maximum Gasteiger partial charge on any atom is 0.319 e. The molecule has 0 aliphatic heterocycles.